The van der Waals surface area contributed by atoms with Crippen molar-refractivity contribution in [3.05, 3.63) is 52.9 Å². The third-order valence-corrected chi connectivity index (χ3v) is 2.65. The molecule has 6 heteroatoms. The number of rotatable bonds is 4. The summed E-state index contributed by atoms with van der Waals surface area (Å²) in [5.74, 6) is -1.19. The van der Waals surface area contributed by atoms with Crippen LogP contribution in [0.2, 0.25) is 0 Å². The number of carbonyl (C=O) groups is 1. The van der Waals surface area contributed by atoms with E-state index >= 15 is 0 Å². The molecule has 0 aliphatic carbocycles. The molecule has 1 aromatic carbocycles. The average molecular weight is 273 g/mol. The lowest BCUT2D eigenvalue weighted by atomic mass is 10.2. The minimum absolute atomic E-state index is 0.498. The summed E-state index contributed by atoms with van der Waals surface area (Å²) in [4.78, 5) is 10.9. The van der Waals surface area contributed by atoms with Crippen LogP contribution in [0.4, 0.5) is 0 Å². The second kappa shape index (κ2) is 5.65. The van der Waals surface area contributed by atoms with Crippen LogP contribution in [0.5, 0.6) is 0 Å². The minimum atomic E-state index is -4.10. The number of hydrogen-bond donors (Lipinski definition) is 0. The fourth-order valence-corrected chi connectivity index (χ4v) is 1.68. The Kier molecular flexibility index (Phi) is 4.48. The van der Waals surface area contributed by atoms with Crippen molar-refractivity contribution in [1.29, 1.82) is 0 Å². The first-order chi connectivity index (χ1) is 7.91. The van der Waals surface area contributed by atoms with Crippen molar-refractivity contribution in [1.82, 2.24) is 0 Å². The Labute approximate surface area is 104 Å². The van der Waals surface area contributed by atoms with Gasteiger partial charge in [-0.1, -0.05) is 48.5 Å². The van der Waals surface area contributed by atoms with E-state index in [0.29, 0.717) is 5.56 Å². The Bertz CT molecular complexity index is 546. The zero-order valence-corrected chi connectivity index (χ0v) is 10.2. The zero-order chi connectivity index (χ0) is 12.9. The fraction of sp³-hybridized carbons (Fsp3) is 0. The molecule has 17 heavy (non-hydrogen) atoms. The summed E-state index contributed by atoms with van der Waals surface area (Å²) in [5.41, 5.74) is 0.664. The first kappa shape index (κ1) is 13.5. The molecule has 0 saturated heterocycles. The molecule has 0 aromatic heterocycles. The monoisotopic (exact) mass is 272 g/mol. The molecule has 0 bridgehead atoms. The van der Waals surface area contributed by atoms with Crippen molar-refractivity contribution in [3.63, 3.8) is 0 Å². The molecule has 1 rings (SSSR count). The van der Waals surface area contributed by atoms with Crippen LogP contribution in [-0.4, -0.2) is 14.4 Å². The minimum Gasteiger partial charge on any atom is -0.337 e. The number of carbonyl (C=O) groups excluding carboxylic acids is 1. The van der Waals surface area contributed by atoms with Crippen molar-refractivity contribution >= 4 is 33.8 Å². The number of halogens is 1. The van der Waals surface area contributed by atoms with Gasteiger partial charge in [0, 0.05) is 0 Å². The van der Waals surface area contributed by atoms with E-state index in [9.17, 15) is 13.2 Å². The van der Waals surface area contributed by atoms with Crippen LogP contribution in [0, 0.1) is 0 Å². The summed E-state index contributed by atoms with van der Waals surface area (Å²) >= 11 is 5.19. The fourth-order valence-electron chi connectivity index (χ4n) is 0.905. The summed E-state index contributed by atoms with van der Waals surface area (Å²) in [7, 11) is -4.10. The Morgan fingerprint density at radius 1 is 1.29 bits per heavy atom. The van der Waals surface area contributed by atoms with Gasteiger partial charge in [0.25, 0.3) is 0 Å². The maximum atomic E-state index is 11.3. The Morgan fingerprint density at radius 2 is 1.88 bits per heavy atom. The van der Waals surface area contributed by atoms with Gasteiger partial charge in [-0.15, -0.1) is 0 Å². The van der Waals surface area contributed by atoms with Gasteiger partial charge in [-0.2, -0.15) is 8.42 Å². The zero-order valence-electron chi connectivity index (χ0n) is 8.67. The average Bonchev–Trinajstić information content (AvgIpc) is 2.27. The summed E-state index contributed by atoms with van der Waals surface area (Å²) in [6.45, 7) is 3.06. The molecule has 0 aliphatic rings. The molecular weight excluding hydrogens is 264 g/mol. The predicted molar refractivity (Wildman–Crippen MR) is 65.5 cm³/mol. The molecule has 0 aliphatic heterocycles. The second-order valence-corrected chi connectivity index (χ2v) is 4.86. The molecule has 0 amide bonds. The highest BCUT2D eigenvalue weighted by atomic mass is 35.5. The number of benzene rings is 1. The molecular formula is C11H9ClO4S. The molecule has 0 saturated carbocycles. The lowest BCUT2D eigenvalue weighted by Crippen LogP contribution is -2.09. The van der Waals surface area contributed by atoms with E-state index in [1.54, 1.807) is 30.3 Å². The maximum Gasteiger partial charge on any atom is 0.364 e. The van der Waals surface area contributed by atoms with Crippen molar-refractivity contribution < 1.29 is 17.4 Å². The Balaban J connectivity index is 2.77. The van der Waals surface area contributed by atoms with Crippen molar-refractivity contribution in [2.75, 3.05) is 0 Å². The normalized spacial score (nSPS) is 11.4. The lowest BCUT2D eigenvalue weighted by Gasteiger charge is -1.99. The smallest absolute Gasteiger partial charge is 0.337 e. The molecule has 90 valence electrons. The summed E-state index contributed by atoms with van der Waals surface area (Å²) in [6.07, 6.45) is 1.31. The van der Waals surface area contributed by atoms with E-state index in [1.165, 1.54) is 6.08 Å². The van der Waals surface area contributed by atoms with Gasteiger partial charge in [0.05, 0.1) is 5.41 Å². The van der Waals surface area contributed by atoms with Crippen LogP contribution in [0.1, 0.15) is 5.56 Å². The van der Waals surface area contributed by atoms with Crippen LogP contribution in [0.3, 0.4) is 0 Å². The summed E-state index contributed by atoms with van der Waals surface area (Å²) in [5, 5.41) is 0.279. The van der Waals surface area contributed by atoms with Gasteiger partial charge >= 0.3 is 16.1 Å². The van der Waals surface area contributed by atoms with E-state index in [1.807, 2.05) is 0 Å². The standard InChI is InChI=1S/C11H9ClO4S/c1-9(12)11(13)16-17(14,15)8-7-10-5-3-2-4-6-10/h2-8H,1H2. The Hall–Kier alpha value is -1.59. The van der Waals surface area contributed by atoms with Gasteiger partial charge in [-0.25, -0.2) is 4.79 Å². The molecule has 0 radical (unpaired) electrons. The Morgan fingerprint density at radius 3 is 2.41 bits per heavy atom. The van der Waals surface area contributed by atoms with Gasteiger partial charge < -0.3 is 4.18 Å². The first-order valence-corrected chi connectivity index (χ1v) is 6.32. The van der Waals surface area contributed by atoms with Crippen LogP contribution >= 0.6 is 11.6 Å². The number of hydrogen-bond acceptors (Lipinski definition) is 4. The van der Waals surface area contributed by atoms with E-state index < -0.39 is 21.1 Å². The highest BCUT2D eigenvalue weighted by molar-refractivity contribution is 7.90. The van der Waals surface area contributed by atoms with Gasteiger partial charge in [-0.05, 0) is 11.6 Å². The third-order valence-electron chi connectivity index (χ3n) is 1.64. The van der Waals surface area contributed by atoms with E-state index in [2.05, 4.69) is 10.8 Å². The highest BCUT2D eigenvalue weighted by Gasteiger charge is 2.15. The van der Waals surface area contributed by atoms with Gasteiger partial charge in [0.2, 0.25) is 0 Å². The quantitative estimate of drug-likeness (QED) is 0.623. The molecule has 0 fully saturated rings. The van der Waals surface area contributed by atoms with Gasteiger partial charge in [0.1, 0.15) is 5.03 Å². The summed E-state index contributed by atoms with van der Waals surface area (Å²) < 4.78 is 26.7. The van der Waals surface area contributed by atoms with Gasteiger partial charge in [-0.3, -0.25) is 0 Å². The summed E-state index contributed by atoms with van der Waals surface area (Å²) in [6, 6.07) is 8.70. The van der Waals surface area contributed by atoms with Crippen molar-refractivity contribution in [2.24, 2.45) is 0 Å². The van der Waals surface area contributed by atoms with Crippen LogP contribution in [-0.2, 0) is 19.1 Å². The third kappa shape index (κ3) is 4.84. The molecule has 1 aromatic rings. The molecule has 0 N–H and O–H groups in total. The molecule has 0 heterocycles. The topological polar surface area (TPSA) is 60.4 Å². The van der Waals surface area contributed by atoms with Crippen LogP contribution < -0.4 is 0 Å². The molecule has 0 unspecified atom stereocenters. The maximum absolute atomic E-state index is 11.3. The second-order valence-electron chi connectivity index (χ2n) is 2.98. The first-order valence-electron chi connectivity index (χ1n) is 4.47. The van der Waals surface area contributed by atoms with E-state index in [-0.39, 0.29) is 0 Å². The molecule has 4 nitrogen and oxygen atoms in total. The highest BCUT2D eigenvalue weighted by Crippen LogP contribution is 2.08. The van der Waals surface area contributed by atoms with Crippen LogP contribution in [0.25, 0.3) is 6.08 Å². The van der Waals surface area contributed by atoms with E-state index in [0.717, 1.165) is 5.41 Å². The predicted octanol–water partition coefficient (Wildman–Crippen LogP) is 2.28. The molecule has 0 atom stereocenters. The van der Waals surface area contributed by atoms with E-state index in [4.69, 9.17) is 11.6 Å². The van der Waals surface area contributed by atoms with Crippen LogP contribution in [0.15, 0.2) is 47.4 Å². The van der Waals surface area contributed by atoms with Crippen molar-refractivity contribution in [2.45, 2.75) is 0 Å². The van der Waals surface area contributed by atoms with Crippen molar-refractivity contribution in [3.8, 4) is 0 Å². The lowest BCUT2D eigenvalue weighted by molar-refractivity contribution is -0.128. The largest absolute Gasteiger partial charge is 0.364 e. The van der Waals surface area contributed by atoms with Gasteiger partial charge in [0.15, 0.2) is 0 Å². The molecule has 0 spiro atoms. The SMILES string of the molecule is C=C(Cl)C(=O)OS(=O)(=O)C=Cc1ccccc1.